The van der Waals surface area contributed by atoms with Crippen LogP contribution in [0.15, 0.2) is 81.9 Å². The molecule has 0 aromatic heterocycles. The van der Waals surface area contributed by atoms with Gasteiger partial charge in [-0.25, -0.2) is 9.79 Å². The summed E-state index contributed by atoms with van der Waals surface area (Å²) < 4.78 is 6.38. The van der Waals surface area contributed by atoms with E-state index in [9.17, 15) is 4.79 Å². The molecule has 0 saturated heterocycles. The predicted octanol–water partition coefficient (Wildman–Crippen LogP) is 4.95. The molecule has 116 valence electrons. The average molecular weight is 378 g/mol. The highest BCUT2D eigenvalue weighted by atomic mass is 79.9. The van der Waals surface area contributed by atoms with Crippen LogP contribution in [0, 0.1) is 0 Å². The Morgan fingerprint density at radius 3 is 2.50 bits per heavy atom. The van der Waals surface area contributed by atoms with Gasteiger partial charge in [0, 0.05) is 10.0 Å². The van der Waals surface area contributed by atoms with Gasteiger partial charge in [-0.1, -0.05) is 64.5 Å². The second-order valence-electron chi connectivity index (χ2n) is 5.41. The molecule has 0 saturated carbocycles. The summed E-state index contributed by atoms with van der Waals surface area (Å²) in [6.07, 6.45) is 1.73. The van der Waals surface area contributed by atoms with Crippen molar-refractivity contribution in [2.24, 2.45) is 4.99 Å². The summed E-state index contributed by atoms with van der Waals surface area (Å²) in [6, 6.07) is 21.5. The number of hydrogen-bond donors (Lipinski definition) is 0. The molecular formula is C20H12BrNO2. The van der Waals surface area contributed by atoms with E-state index in [1.54, 1.807) is 6.08 Å². The minimum Gasteiger partial charge on any atom is -0.402 e. The van der Waals surface area contributed by atoms with E-state index in [-0.39, 0.29) is 0 Å². The summed E-state index contributed by atoms with van der Waals surface area (Å²) in [6.45, 7) is 0. The number of carbonyl (C=O) groups is 1. The van der Waals surface area contributed by atoms with Gasteiger partial charge in [0.1, 0.15) is 0 Å². The molecule has 3 aromatic carbocycles. The van der Waals surface area contributed by atoms with E-state index in [2.05, 4.69) is 20.9 Å². The molecule has 4 heteroatoms. The van der Waals surface area contributed by atoms with E-state index in [0.29, 0.717) is 11.6 Å². The first-order valence-corrected chi connectivity index (χ1v) is 8.26. The van der Waals surface area contributed by atoms with Crippen LogP contribution in [-0.4, -0.2) is 11.9 Å². The molecule has 0 aliphatic carbocycles. The summed E-state index contributed by atoms with van der Waals surface area (Å²) in [5.41, 5.74) is 2.02. The van der Waals surface area contributed by atoms with Gasteiger partial charge in [0.15, 0.2) is 5.70 Å². The highest BCUT2D eigenvalue weighted by molar-refractivity contribution is 9.10. The molecule has 0 bridgehead atoms. The van der Waals surface area contributed by atoms with Crippen LogP contribution in [0.1, 0.15) is 11.1 Å². The zero-order chi connectivity index (χ0) is 16.5. The fraction of sp³-hybridized carbons (Fsp3) is 0. The normalized spacial score (nSPS) is 15.6. The lowest BCUT2D eigenvalue weighted by Gasteiger charge is -2.04. The molecule has 0 fully saturated rings. The van der Waals surface area contributed by atoms with Crippen molar-refractivity contribution in [3.63, 3.8) is 0 Å². The molecular weight excluding hydrogens is 366 g/mol. The summed E-state index contributed by atoms with van der Waals surface area (Å²) >= 11 is 3.39. The maximum absolute atomic E-state index is 12.2. The second kappa shape index (κ2) is 6.06. The van der Waals surface area contributed by atoms with Crippen LogP contribution in [0.5, 0.6) is 0 Å². The van der Waals surface area contributed by atoms with E-state index in [1.807, 2.05) is 66.7 Å². The zero-order valence-corrected chi connectivity index (χ0v) is 14.2. The van der Waals surface area contributed by atoms with E-state index in [4.69, 9.17) is 4.74 Å². The molecule has 1 aliphatic rings. The molecule has 0 N–H and O–H groups in total. The lowest BCUT2D eigenvalue weighted by molar-refractivity contribution is -0.129. The Morgan fingerprint density at radius 2 is 1.67 bits per heavy atom. The Morgan fingerprint density at radius 1 is 0.917 bits per heavy atom. The van der Waals surface area contributed by atoms with Crippen LogP contribution in [0.3, 0.4) is 0 Å². The van der Waals surface area contributed by atoms with Gasteiger partial charge in [-0.2, -0.15) is 0 Å². The molecule has 3 aromatic rings. The average Bonchev–Trinajstić information content (AvgIpc) is 2.97. The number of aliphatic imine (C=N–C) groups is 1. The van der Waals surface area contributed by atoms with Gasteiger partial charge in [0.05, 0.1) is 0 Å². The SMILES string of the molecule is O=C1OC(c2cccc3ccccc23)=N/C1=C/c1ccc(Br)cc1. The van der Waals surface area contributed by atoms with Crippen molar-refractivity contribution in [3.05, 3.63) is 88.0 Å². The molecule has 0 atom stereocenters. The first-order valence-electron chi connectivity index (χ1n) is 7.47. The smallest absolute Gasteiger partial charge is 0.363 e. The molecule has 0 unspecified atom stereocenters. The van der Waals surface area contributed by atoms with Crippen LogP contribution in [0.4, 0.5) is 0 Å². The Labute approximate surface area is 147 Å². The number of benzene rings is 3. The van der Waals surface area contributed by atoms with Gasteiger partial charge in [0.25, 0.3) is 0 Å². The molecule has 1 aliphatic heterocycles. The minimum atomic E-state index is -0.430. The fourth-order valence-corrected chi connectivity index (χ4v) is 2.92. The highest BCUT2D eigenvalue weighted by Crippen LogP contribution is 2.25. The summed E-state index contributed by atoms with van der Waals surface area (Å²) in [5, 5.41) is 2.09. The van der Waals surface area contributed by atoms with Gasteiger partial charge in [0.2, 0.25) is 5.90 Å². The third-order valence-corrected chi connectivity index (χ3v) is 4.34. The van der Waals surface area contributed by atoms with Crippen molar-refractivity contribution in [1.82, 2.24) is 0 Å². The maximum atomic E-state index is 12.2. The number of cyclic esters (lactones) is 1. The standard InChI is InChI=1S/C20H12BrNO2/c21-15-10-8-13(9-11-15)12-18-20(23)24-19(22-18)17-7-3-5-14-4-1-2-6-16(14)17/h1-12H/b18-12+. The molecule has 24 heavy (non-hydrogen) atoms. The number of hydrogen-bond acceptors (Lipinski definition) is 3. The number of ether oxygens (including phenoxy) is 1. The first-order chi connectivity index (χ1) is 11.7. The third kappa shape index (κ3) is 2.76. The van der Waals surface area contributed by atoms with Crippen LogP contribution in [0.25, 0.3) is 16.8 Å². The number of nitrogens with zero attached hydrogens (tertiary/aromatic N) is 1. The summed E-state index contributed by atoms with van der Waals surface area (Å²) in [7, 11) is 0. The monoisotopic (exact) mass is 377 g/mol. The molecule has 0 radical (unpaired) electrons. The number of halogens is 1. The number of esters is 1. The Balaban J connectivity index is 1.77. The highest BCUT2D eigenvalue weighted by Gasteiger charge is 2.25. The Hall–Kier alpha value is -2.72. The quantitative estimate of drug-likeness (QED) is 0.468. The van der Waals surface area contributed by atoms with E-state index >= 15 is 0 Å². The van der Waals surface area contributed by atoms with Crippen LogP contribution in [-0.2, 0) is 9.53 Å². The van der Waals surface area contributed by atoms with Crippen molar-refractivity contribution in [1.29, 1.82) is 0 Å². The van der Waals surface area contributed by atoms with Crippen LogP contribution < -0.4 is 0 Å². The van der Waals surface area contributed by atoms with Gasteiger partial charge in [-0.05, 0) is 40.6 Å². The Kier molecular flexibility index (Phi) is 3.75. The molecule has 4 rings (SSSR count). The van der Waals surface area contributed by atoms with Crippen molar-refractivity contribution in [2.75, 3.05) is 0 Å². The number of rotatable bonds is 2. The lowest BCUT2D eigenvalue weighted by Crippen LogP contribution is -2.05. The van der Waals surface area contributed by atoms with Crippen LogP contribution >= 0.6 is 15.9 Å². The molecule has 1 heterocycles. The van der Waals surface area contributed by atoms with Crippen molar-refractivity contribution in [2.45, 2.75) is 0 Å². The first kappa shape index (κ1) is 14.8. The minimum absolute atomic E-state index is 0.306. The summed E-state index contributed by atoms with van der Waals surface area (Å²) in [5.74, 6) is -0.0824. The van der Waals surface area contributed by atoms with Gasteiger partial charge >= 0.3 is 5.97 Å². The third-order valence-electron chi connectivity index (χ3n) is 3.81. The van der Waals surface area contributed by atoms with Crippen molar-refractivity contribution < 1.29 is 9.53 Å². The Bertz CT molecular complexity index is 998. The van der Waals surface area contributed by atoms with Crippen molar-refractivity contribution >= 4 is 44.6 Å². The van der Waals surface area contributed by atoms with Crippen molar-refractivity contribution in [3.8, 4) is 0 Å². The summed E-state index contributed by atoms with van der Waals surface area (Å²) in [4.78, 5) is 16.6. The largest absolute Gasteiger partial charge is 0.402 e. The fourth-order valence-electron chi connectivity index (χ4n) is 2.65. The number of carbonyl (C=O) groups excluding carboxylic acids is 1. The molecule has 0 amide bonds. The van der Waals surface area contributed by atoms with E-state index < -0.39 is 5.97 Å². The van der Waals surface area contributed by atoms with E-state index in [1.165, 1.54) is 0 Å². The lowest BCUT2D eigenvalue weighted by atomic mass is 10.0. The van der Waals surface area contributed by atoms with Gasteiger partial charge in [-0.15, -0.1) is 0 Å². The van der Waals surface area contributed by atoms with Crippen LogP contribution in [0.2, 0.25) is 0 Å². The van der Waals surface area contributed by atoms with Gasteiger partial charge < -0.3 is 4.74 Å². The van der Waals surface area contributed by atoms with E-state index in [0.717, 1.165) is 26.4 Å². The molecule has 3 nitrogen and oxygen atoms in total. The topological polar surface area (TPSA) is 38.7 Å². The second-order valence-corrected chi connectivity index (χ2v) is 6.33. The predicted molar refractivity (Wildman–Crippen MR) is 98.7 cm³/mol. The maximum Gasteiger partial charge on any atom is 0.363 e. The molecule has 0 spiro atoms. The zero-order valence-electron chi connectivity index (χ0n) is 12.6. The number of fused-ring (bicyclic) bond motifs is 1. The van der Waals surface area contributed by atoms with Gasteiger partial charge in [-0.3, -0.25) is 0 Å².